The lowest BCUT2D eigenvalue weighted by Gasteiger charge is -2.35. The van der Waals surface area contributed by atoms with Crippen molar-refractivity contribution >= 4 is 34.2 Å². The standard InChI is InChI=1S/C23H23ClN4O/c1-3-16-6-5-7-17(12-16)18-14-21-19(13-20(18)24)23(26-15-25-21)28-10-8-27(9-11-28)22(29)4-2/h4-7,12-15H,2-3,8-11H2,1H3. The minimum absolute atomic E-state index is 0.0285. The molecule has 6 heteroatoms. The summed E-state index contributed by atoms with van der Waals surface area (Å²) >= 11 is 6.69. The first-order chi connectivity index (χ1) is 14.1. The quantitative estimate of drug-likeness (QED) is 0.604. The summed E-state index contributed by atoms with van der Waals surface area (Å²) in [4.78, 5) is 24.8. The Morgan fingerprint density at radius 3 is 2.69 bits per heavy atom. The van der Waals surface area contributed by atoms with Crippen LogP contribution in [0.25, 0.3) is 22.0 Å². The SMILES string of the molecule is C=CC(=O)N1CCN(c2ncnc3cc(-c4cccc(CC)c4)c(Cl)cc23)CC1. The minimum Gasteiger partial charge on any atom is -0.352 e. The van der Waals surface area contributed by atoms with Crippen LogP contribution in [0.4, 0.5) is 5.82 Å². The molecule has 1 fully saturated rings. The summed E-state index contributed by atoms with van der Waals surface area (Å²) in [7, 11) is 0. The third kappa shape index (κ3) is 3.83. The van der Waals surface area contributed by atoms with Gasteiger partial charge in [0.1, 0.15) is 12.1 Å². The highest BCUT2D eigenvalue weighted by Gasteiger charge is 2.22. The topological polar surface area (TPSA) is 49.3 Å². The van der Waals surface area contributed by atoms with Crippen molar-refractivity contribution in [2.24, 2.45) is 0 Å². The van der Waals surface area contributed by atoms with Crippen molar-refractivity contribution in [3.05, 3.63) is 66.0 Å². The van der Waals surface area contributed by atoms with Gasteiger partial charge in [0.2, 0.25) is 5.91 Å². The summed E-state index contributed by atoms with van der Waals surface area (Å²) in [5, 5.41) is 1.61. The maximum absolute atomic E-state index is 11.8. The zero-order valence-corrected chi connectivity index (χ0v) is 17.2. The van der Waals surface area contributed by atoms with Crippen molar-refractivity contribution in [3.63, 3.8) is 0 Å². The molecule has 0 atom stereocenters. The number of hydrogen-bond donors (Lipinski definition) is 0. The van der Waals surface area contributed by atoms with Crippen molar-refractivity contribution in [2.45, 2.75) is 13.3 Å². The van der Waals surface area contributed by atoms with Gasteiger partial charge in [0, 0.05) is 42.2 Å². The molecule has 0 bridgehead atoms. The van der Waals surface area contributed by atoms with Crippen LogP contribution in [0, 0.1) is 0 Å². The number of benzene rings is 2. The molecule has 0 unspecified atom stereocenters. The zero-order valence-electron chi connectivity index (χ0n) is 16.4. The molecule has 1 aliphatic heterocycles. The Hall–Kier alpha value is -2.92. The average Bonchev–Trinajstić information content (AvgIpc) is 2.78. The second-order valence-corrected chi connectivity index (χ2v) is 7.52. The van der Waals surface area contributed by atoms with Gasteiger partial charge in [-0.25, -0.2) is 9.97 Å². The molecule has 1 aliphatic rings. The van der Waals surface area contributed by atoms with E-state index in [4.69, 9.17) is 11.6 Å². The second-order valence-electron chi connectivity index (χ2n) is 7.12. The Kier molecular flexibility index (Phi) is 5.49. The minimum atomic E-state index is -0.0285. The third-order valence-corrected chi connectivity index (χ3v) is 5.73. The van der Waals surface area contributed by atoms with E-state index >= 15 is 0 Å². The number of carbonyl (C=O) groups excluding carboxylic acids is 1. The van der Waals surface area contributed by atoms with Gasteiger partial charge in [-0.2, -0.15) is 0 Å². The molecule has 1 aromatic heterocycles. The molecular formula is C23H23ClN4O. The molecule has 0 aliphatic carbocycles. The highest BCUT2D eigenvalue weighted by Crippen LogP contribution is 2.35. The Morgan fingerprint density at radius 1 is 1.17 bits per heavy atom. The van der Waals surface area contributed by atoms with E-state index in [2.05, 4.69) is 52.6 Å². The number of halogens is 1. The normalized spacial score (nSPS) is 14.3. The summed E-state index contributed by atoms with van der Waals surface area (Å²) in [6, 6.07) is 12.4. The molecular weight excluding hydrogens is 384 g/mol. The number of amides is 1. The van der Waals surface area contributed by atoms with E-state index in [0.717, 1.165) is 34.3 Å². The monoisotopic (exact) mass is 406 g/mol. The molecule has 0 saturated carbocycles. The number of nitrogens with zero attached hydrogens (tertiary/aromatic N) is 4. The van der Waals surface area contributed by atoms with Crippen LogP contribution in [-0.4, -0.2) is 47.0 Å². The van der Waals surface area contributed by atoms with Crippen LogP contribution < -0.4 is 4.90 Å². The molecule has 1 saturated heterocycles. The molecule has 3 aromatic rings. The highest BCUT2D eigenvalue weighted by atomic mass is 35.5. The van der Waals surface area contributed by atoms with Crippen LogP contribution >= 0.6 is 11.6 Å². The van der Waals surface area contributed by atoms with Gasteiger partial charge >= 0.3 is 0 Å². The Balaban J connectivity index is 1.68. The fourth-order valence-corrected chi connectivity index (χ4v) is 4.04. The molecule has 0 spiro atoms. The van der Waals surface area contributed by atoms with E-state index < -0.39 is 0 Å². The second kappa shape index (κ2) is 8.21. The van der Waals surface area contributed by atoms with Crippen molar-refractivity contribution in [2.75, 3.05) is 31.1 Å². The van der Waals surface area contributed by atoms with E-state index in [0.29, 0.717) is 31.2 Å². The van der Waals surface area contributed by atoms with Crippen molar-refractivity contribution in [1.29, 1.82) is 0 Å². The van der Waals surface area contributed by atoms with Gasteiger partial charge in [0.25, 0.3) is 0 Å². The maximum atomic E-state index is 11.8. The van der Waals surface area contributed by atoms with Gasteiger partial charge in [0.15, 0.2) is 0 Å². The lowest BCUT2D eigenvalue weighted by atomic mass is 10.0. The van der Waals surface area contributed by atoms with Gasteiger partial charge in [-0.3, -0.25) is 4.79 Å². The van der Waals surface area contributed by atoms with E-state index in [1.165, 1.54) is 11.6 Å². The summed E-state index contributed by atoms with van der Waals surface area (Å²) in [5.74, 6) is 0.829. The lowest BCUT2D eigenvalue weighted by molar-refractivity contribution is -0.126. The average molecular weight is 407 g/mol. The summed E-state index contributed by atoms with van der Waals surface area (Å²) in [5.41, 5.74) is 4.20. The van der Waals surface area contributed by atoms with Gasteiger partial charge < -0.3 is 9.80 Å². The van der Waals surface area contributed by atoms with Crippen LogP contribution in [0.1, 0.15) is 12.5 Å². The van der Waals surface area contributed by atoms with Gasteiger partial charge in [-0.05, 0) is 35.8 Å². The van der Waals surface area contributed by atoms with E-state index in [9.17, 15) is 4.79 Å². The van der Waals surface area contributed by atoms with Crippen molar-refractivity contribution in [3.8, 4) is 11.1 Å². The lowest BCUT2D eigenvalue weighted by Crippen LogP contribution is -2.48. The molecule has 148 valence electrons. The summed E-state index contributed by atoms with van der Waals surface area (Å²) < 4.78 is 0. The predicted molar refractivity (Wildman–Crippen MR) is 118 cm³/mol. The summed E-state index contributed by atoms with van der Waals surface area (Å²) in [6.45, 7) is 8.42. The molecule has 29 heavy (non-hydrogen) atoms. The largest absolute Gasteiger partial charge is 0.352 e. The van der Waals surface area contributed by atoms with Crippen LogP contribution in [0.15, 0.2) is 55.4 Å². The first-order valence-corrected chi connectivity index (χ1v) is 10.2. The molecule has 4 rings (SSSR count). The molecule has 1 amide bonds. The van der Waals surface area contributed by atoms with Gasteiger partial charge in [0.05, 0.1) is 5.52 Å². The number of carbonyl (C=O) groups is 1. The van der Waals surface area contributed by atoms with Crippen molar-refractivity contribution in [1.82, 2.24) is 14.9 Å². The molecule has 0 radical (unpaired) electrons. The zero-order chi connectivity index (χ0) is 20.4. The van der Waals surface area contributed by atoms with Crippen LogP contribution in [0.3, 0.4) is 0 Å². The molecule has 0 N–H and O–H groups in total. The van der Waals surface area contributed by atoms with Gasteiger partial charge in [-0.1, -0.05) is 49.4 Å². The number of anilines is 1. The van der Waals surface area contributed by atoms with Gasteiger partial charge in [-0.15, -0.1) is 0 Å². The number of piperazine rings is 1. The molecule has 2 heterocycles. The Bertz CT molecular complexity index is 1070. The van der Waals surface area contributed by atoms with Crippen LogP contribution in [0.5, 0.6) is 0 Å². The smallest absolute Gasteiger partial charge is 0.246 e. The van der Waals surface area contributed by atoms with Crippen LogP contribution in [0.2, 0.25) is 5.02 Å². The number of aromatic nitrogens is 2. The molecule has 5 nitrogen and oxygen atoms in total. The number of fused-ring (bicyclic) bond motifs is 1. The van der Waals surface area contributed by atoms with E-state index in [1.807, 2.05) is 12.1 Å². The van der Waals surface area contributed by atoms with E-state index in [-0.39, 0.29) is 5.91 Å². The Labute approximate surface area is 175 Å². The fourth-order valence-electron chi connectivity index (χ4n) is 3.76. The maximum Gasteiger partial charge on any atom is 0.246 e. The Morgan fingerprint density at radius 2 is 1.97 bits per heavy atom. The first-order valence-electron chi connectivity index (χ1n) is 9.80. The van der Waals surface area contributed by atoms with Crippen LogP contribution in [-0.2, 0) is 11.2 Å². The number of hydrogen-bond acceptors (Lipinski definition) is 4. The predicted octanol–water partition coefficient (Wildman–Crippen LogP) is 4.35. The third-order valence-electron chi connectivity index (χ3n) is 5.41. The highest BCUT2D eigenvalue weighted by molar-refractivity contribution is 6.34. The fraction of sp³-hybridized carbons (Fsp3) is 0.261. The number of aryl methyl sites for hydroxylation is 1. The van der Waals surface area contributed by atoms with Crippen molar-refractivity contribution < 1.29 is 4.79 Å². The number of rotatable bonds is 4. The van der Waals surface area contributed by atoms with E-state index in [1.54, 1.807) is 11.2 Å². The molecule has 2 aromatic carbocycles. The summed E-state index contributed by atoms with van der Waals surface area (Å²) in [6.07, 6.45) is 3.94. The first kappa shape index (κ1) is 19.4.